The first kappa shape index (κ1) is 9.18. The summed E-state index contributed by atoms with van der Waals surface area (Å²) in [6, 6.07) is 0. The van der Waals surface area contributed by atoms with Crippen LogP contribution in [0, 0.1) is 0 Å². The Morgan fingerprint density at radius 2 is 2.00 bits per heavy atom. The van der Waals surface area contributed by atoms with Crippen LogP contribution in [0.5, 0.6) is 0 Å². The third-order valence-electron chi connectivity index (χ3n) is 0.596. The van der Waals surface area contributed by atoms with Crippen molar-refractivity contribution in [3.05, 3.63) is 0 Å². The molecule has 6 nitrogen and oxygen atoms in total. The van der Waals surface area contributed by atoms with Gasteiger partial charge in [0.15, 0.2) is 0 Å². The van der Waals surface area contributed by atoms with Gasteiger partial charge in [0.2, 0.25) is 0 Å². The van der Waals surface area contributed by atoms with E-state index in [1.54, 1.807) is 0 Å². The maximum Gasteiger partial charge on any atom is 0.426 e. The number of carbonyl (C=O) groups is 1. The van der Waals surface area contributed by atoms with Crippen LogP contribution in [0.3, 0.4) is 0 Å². The summed E-state index contributed by atoms with van der Waals surface area (Å²) in [5.74, 6) is -0.653. The Balaban J connectivity index is 3.49. The van der Waals surface area contributed by atoms with Crippen molar-refractivity contribution in [2.24, 2.45) is 0 Å². The predicted molar refractivity (Wildman–Crippen MR) is 31.4 cm³/mol. The molecule has 2 N–H and O–H groups in total. The van der Waals surface area contributed by atoms with Gasteiger partial charge in [-0.25, -0.2) is 10.1 Å². The van der Waals surface area contributed by atoms with Crippen molar-refractivity contribution in [2.45, 2.75) is 0 Å². The molecule has 0 aliphatic rings. The molecule has 0 atom stereocenters. The Morgan fingerprint density at radius 1 is 1.50 bits per heavy atom. The Hall–Kier alpha value is -0.820. The van der Waals surface area contributed by atoms with Gasteiger partial charge < -0.3 is 5.11 Å². The van der Waals surface area contributed by atoms with Crippen molar-refractivity contribution >= 4 is 16.2 Å². The minimum Gasteiger partial charge on any atom is -0.464 e. The second kappa shape index (κ2) is 3.37. The van der Waals surface area contributed by atoms with Crippen molar-refractivity contribution in [3.63, 3.8) is 0 Å². The number of amides is 1. The third kappa shape index (κ3) is 7.18. The van der Waals surface area contributed by atoms with E-state index < -0.39 is 28.5 Å². The van der Waals surface area contributed by atoms with Crippen LogP contribution in [0.15, 0.2) is 0 Å². The zero-order valence-electron chi connectivity index (χ0n) is 4.89. The van der Waals surface area contributed by atoms with Gasteiger partial charge in [-0.05, 0) is 0 Å². The first-order valence-corrected chi connectivity index (χ1v) is 3.88. The van der Waals surface area contributed by atoms with Crippen molar-refractivity contribution < 1.29 is 22.9 Å². The first-order valence-electron chi connectivity index (χ1n) is 2.27. The van der Waals surface area contributed by atoms with E-state index in [1.807, 2.05) is 0 Å². The normalized spacial score (nSPS) is 10.9. The quantitative estimate of drug-likeness (QED) is 0.534. The average Bonchev–Trinajstić information content (AvgIpc) is 1.59. The number of hydrogen-bond donors (Lipinski definition) is 2. The number of rotatable bonds is 3. The fourth-order valence-electron chi connectivity index (χ4n) is 0.257. The highest BCUT2D eigenvalue weighted by molar-refractivity contribution is 7.85. The SMILES string of the molecule is O=C(O)[N]CCS(=O)(=O)O. The van der Waals surface area contributed by atoms with E-state index in [0.29, 0.717) is 0 Å². The predicted octanol–water partition coefficient (Wildman–Crippen LogP) is -0.843. The highest BCUT2D eigenvalue weighted by Gasteiger charge is 2.05. The van der Waals surface area contributed by atoms with E-state index in [4.69, 9.17) is 9.66 Å². The van der Waals surface area contributed by atoms with Crippen LogP contribution >= 0.6 is 0 Å². The molecule has 0 fully saturated rings. The van der Waals surface area contributed by atoms with Gasteiger partial charge in [-0.2, -0.15) is 8.42 Å². The number of carboxylic acid groups (broad SMARTS) is 1. The fourth-order valence-corrected chi connectivity index (χ4v) is 0.579. The molecule has 59 valence electrons. The molecule has 0 aromatic carbocycles. The first-order chi connectivity index (χ1) is 4.42. The van der Waals surface area contributed by atoms with E-state index >= 15 is 0 Å². The van der Waals surface area contributed by atoms with Gasteiger partial charge in [0, 0.05) is 0 Å². The van der Waals surface area contributed by atoms with Gasteiger partial charge in [0.05, 0.1) is 12.3 Å². The summed E-state index contributed by atoms with van der Waals surface area (Å²) in [5, 5.41) is 10.7. The summed E-state index contributed by atoms with van der Waals surface area (Å²) in [6.07, 6.45) is -1.44. The largest absolute Gasteiger partial charge is 0.464 e. The molecular weight excluding hydrogens is 162 g/mol. The second-order valence-corrected chi connectivity index (χ2v) is 3.02. The summed E-state index contributed by atoms with van der Waals surface area (Å²) < 4.78 is 27.9. The smallest absolute Gasteiger partial charge is 0.426 e. The Kier molecular flexibility index (Phi) is 3.10. The van der Waals surface area contributed by atoms with Crippen LogP contribution in [-0.2, 0) is 10.1 Å². The molecule has 0 aliphatic carbocycles. The molecule has 7 heteroatoms. The zero-order valence-corrected chi connectivity index (χ0v) is 5.71. The molecule has 0 bridgehead atoms. The summed E-state index contributed by atoms with van der Waals surface area (Å²) in [7, 11) is -4.08. The van der Waals surface area contributed by atoms with Gasteiger partial charge in [0.1, 0.15) is 0 Å². The van der Waals surface area contributed by atoms with Crippen molar-refractivity contribution in [1.29, 1.82) is 0 Å². The summed E-state index contributed by atoms with van der Waals surface area (Å²) in [4.78, 5) is 9.64. The van der Waals surface area contributed by atoms with E-state index in [-0.39, 0.29) is 0 Å². The van der Waals surface area contributed by atoms with Crippen LogP contribution in [-0.4, -0.2) is 36.5 Å². The molecule has 0 spiro atoms. The minimum atomic E-state index is -4.08. The van der Waals surface area contributed by atoms with Crippen LogP contribution in [0.2, 0.25) is 0 Å². The van der Waals surface area contributed by atoms with Crippen molar-refractivity contribution in [2.75, 3.05) is 12.3 Å². The zero-order chi connectivity index (χ0) is 8.20. The molecule has 0 saturated carbocycles. The van der Waals surface area contributed by atoms with E-state index in [0.717, 1.165) is 0 Å². The molecule has 0 aromatic heterocycles. The lowest BCUT2D eigenvalue weighted by atomic mass is 10.7. The van der Waals surface area contributed by atoms with Crippen LogP contribution < -0.4 is 5.32 Å². The molecular formula is C3H6NO5S. The Bertz CT molecular complexity index is 207. The molecule has 0 saturated heterocycles. The van der Waals surface area contributed by atoms with Gasteiger partial charge >= 0.3 is 6.09 Å². The average molecular weight is 168 g/mol. The second-order valence-electron chi connectivity index (χ2n) is 1.45. The van der Waals surface area contributed by atoms with Crippen LogP contribution in [0.25, 0.3) is 0 Å². The van der Waals surface area contributed by atoms with Crippen LogP contribution in [0.4, 0.5) is 4.79 Å². The highest BCUT2D eigenvalue weighted by Crippen LogP contribution is 1.79. The van der Waals surface area contributed by atoms with E-state index in [2.05, 4.69) is 5.32 Å². The maximum absolute atomic E-state index is 9.92. The van der Waals surface area contributed by atoms with Crippen LogP contribution in [0.1, 0.15) is 0 Å². The summed E-state index contributed by atoms with van der Waals surface area (Å²) in [5.41, 5.74) is 0. The number of nitrogens with zero attached hydrogens (tertiary/aromatic N) is 1. The lowest BCUT2D eigenvalue weighted by Crippen LogP contribution is -2.20. The van der Waals surface area contributed by atoms with Gasteiger partial charge in [-0.1, -0.05) is 0 Å². The van der Waals surface area contributed by atoms with E-state index in [1.165, 1.54) is 0 Å². The monoisotopic (exact) mass is 168 g/mol. The summed E-state index contributed by atoms with van der Waals surface area (Å²) in [6.45, 7) is -0.422. The molecule has 1 radical (unpaired) electrons. The molecule has 1 amide bonds. The van der Waals surface area contributed by atoms with Gasteiger partial charge in [-0.3, -0.25) is 4.55 Å². The van der Waals surface area contributed by atoms with Gasteiger partial charge in [-0.15, -0.1) is 0 Å². The molecule has 10 heavy (non-hydrogen) atoms. The lowest BCUT2D eigenvalue weighted by molar-refractivity contribution is 0.194. The molecule has 0 heterocycles. The summed E-state index contributed by atoms with van der Waals surface area (Å²) >= 11 is 0. The molecule has 0 rings (SSSR count). The number of hydrogen-bond acceptors (Lipinski definition) is 3. The minimum absolute atomic E-state index is 0.422. The van der Waals surface area contributed by atoms with Crippen molar-refractivity contribution in [1.82, 2.24) is 5.32 Å². The molecule has 0 unspecified atom stereocenters. The highest BCUT2D eigenvalue weighted by atomic mass is 32.2. The lowest BCUT2D eigenvalue weighted by Gasteiger charge is -1.92. The maximum atomic E-state index is 9.92. The molecule has 0 aliphatic heterocycles. The fraction of sp³-hybridized carbons (Fsp3) is 0.667. The Morgan fingerprint density at radius 3 is 2.30 bits per heavy atom. The molecule has 0 aromatic rings. The standard InChI is InChI=1S/C3H6NO5S/c5-3(6)4-1-2-10(7,8)9/h1-2H2,(H,5,6)(H,7,8,9). The van der Waals surface area contributed by atoms with Gasteiger partial charge in [0.25, 0.3) is 10.1 Å². The topological polar surface area (TPSA) is 106 Å². The third-order valence-corrected chi connectivity index (χ3v) is 1.29. The van der Waals surface area contributed by atoms with E-state index in [9.17, 15) is 13.2 Å². The Labute approximate surface area is 57.6 Å². The van der Waals surface area contributed by atoms with Crippen molar-refractivity contribution in [3.8, 4) is 0 Å².